The molecule has 0 fully saturated rings. The molecule has 0 N–H and O–H groups in total. The van der Waals surface area contributed by atoms with E-state index in [4.69, 9.17) is 16.3 Å². The molecule has 0 bridgehead atoms. The molecule has 0 atom stereocenters. The standard InChI is InChI=1S/C15H13ClO2/c1-10-9-14(7-8-15(10)16)18-13-5-3-12(4-6-13)11(2)17/h3-9H,1-2H3. The SMILES string of the molecule is CC(=O)c1ccc(Oc2ccc(Cl)c(C)c2)cc1. The van der Waals surface area contributed by atoms with Crippen LogP contribution in [0.4, 0.5) is 0 Å². The first kappa shape index (κ1) is 12.7. The molecule has 0 saturated heterocycles. The third-order valence-electron chi connectivity index (χ3n) is 2.63. The Kier molecular flexibility index (Phi) is 3.68. The minimum atomic E-state index is 0.0453. The molecular formula is C15H13ClO2. The van der Waals surface area contributed by atoms with Crippen molar-refractivity contribution in [3.8, 4) is 11.5 Å². The monoisotopic (exact) mass is 260 g/mol. The molecule has 2 nitrogen and oxygen atoms in total. The van der Waals surface area contributed by atoms with Crippen LogP contribution < -0.4 is 4.74 Å². The summed E-state index contributed by atoms with van der Waals surface area (Å²) in [6.07, 6.45) is 0. The number of ether oxygens (including phenoxy) is 1. The first-order valence-corrected chi connectivity index (χ1v) is 5.99. The fourth-order valence-electron chi connectivity index (χ4n) is 1.57. The van der Waals surface area contributed by atoms with Gasteiger partial charge in [-0.3, -0.25) is 4.79 Å². The van der Waals surface area contributed by atoms with Gasteiger partial charge < -0.3 is 4.74 Å². The van der Waals surface area contributed by atoms with Crippen molar-refractivity contribution in [2.75, 3.05) is 0 Å². The number of hydrogen-bond donors (Lipinski definition) is 0. The van der Waals surface area contributed by atoms with Crippen molar-refractivity contribution in [1.29, 1.82) is 0 Å². The van der Waals surface area contributed by atoms with Crippen molar-refractivity contribution in [3.05, 3.63) is 58.6 Å². The normalized spacial score (nSPS) is 10.2. The van der Waals surface area contributed by atoms with Gasteiger partial charge >= 0.3 is 0 Å². The van der Waals surface area contributed by atoms with Crippen molar-refractivity contribution < 1.29 is 9.53 Å². The molecule has 0 amide bonds. The Morgan fingerprint density at radius 1 is 1.06 bits per heavy atom. The van der Waals surface area contributed by atoms with Gasteiger partial charge in [0.2, 0.25) is 0 Å². The lowest BCUT2D eigenvalue weighted by Crippen LogP contribution is -1.91. The Bertz CT molecular complexity index is 574. The second kappa shape index (κ2) is 5.23. The maximum Gasteiger partial charge on any atom is 0.159 e. The maximum absolute atomic E-state index is 11.1. The van der Waals surface area contributed by atoms with E-state index in [0.29, 0.717) is 16.3 Å². The van der Waals surface area contributed by atoms with Gasteiger partial charge in [0.1, 0.15) is 11.5 Å². The molecule has 2 aromatic carbocycles. The van der Waals surface area contributed by atoms with E-state index in [2.05, 4.69) is 0 Å². The van der Waals surface area contributed by atoms with Gasteiger partial charge in [0.25, 0.3) is 0 Å². The van der Waals surface area contributed by atoms with E-state index in [0.717, 1.165) is 11.3 Å². The number of halogens is 1. The van der Waals surface area contributed by atoms with Gasteiger partial charge in [0.05, 0.1) is 0 Å². The molecule has 2 rings (SSSR count). The molecule has 18 heavy (non-hydrogen) atoms. The van der Waals surface area contributed by atoms with Crippen LogP contribution in [0.5, 0.6) is 11.5 Å². The molecule has 2 aromatic rings. The highest BCUT2D eigenvalue weighted by Gasteiger charge is 2.02. The predicted molar refractivity (Wildman–Crippen MR) is 72.7 cm³/mol. The van der Waals surface area contributed by atoms with E-state index in [-0.39, 0.29) is 5.78 Å². The largest absolute Gasteiger partial charge is 0.457 e. The topological polar surface area (TPSA) is 26.3 Å². The molecule has 0 spiro atoms. The molecule has 0 aliphatic carbocycles. The summed E-state index contributed by atoms with van der Waals surface area (Å²) in [6.45, 7) is 3.46. The summed E-state index contributed by atoms with van der Waals surface area (Å²) in [4.78, 5) is 11.1. The molecule has 0 heterocycles. The van der Waals surface area contributed by atoms with Crippen LogP contribution in [0.15, 0.2) is 42.5 Å². The smallest absolute Gasteiger partial charge is 0.159 e. The van der Waals surface area contributed by atoms with Crippen LogP contribution in [0.2, 0.25) is 5.02 Å². The highest BCUT2D eigenvalue weighted by atomic mass is 35.5. The zero-order valence-electron chi connectivity index (χ0n) is 10.2. The average molecular weight is 261 g/mol. The Hall–Kier alpha value is -1.80. The minimum Gasteiger partial charge on any atom is -0.457 e. The number of benzene rings is 2. The number of Topliss-reactive ketones (excluding diaryl/α,β-unsaturated/α-hetero) is 1. The molecule has 0 aromatic heterocycles. The predicted octanol–water partition coefficient (Wildman–Crippen LogP) is 4.64. The Morgan fingerprint density at radius 3 is 2.22 bits per heavy atom. The maximum atomic E-state index is 11.1. The van der Waals surface area contributed by atoms with Gasteiger partial charge in [-0.2, -0.15) is 0 Å². The van der Waals surface area contributed by atoms with Crippen LogP contribution in [-0.2, 0) is 0 Å². The summed E-state index contributed by atoms with van der Waals surface area (Å²) < 4.78 is 5.68. The number of carbonyl (C=O) groups excluding carboxylic acids is 1. The Balaban J connectivity index is 2.18. The van der Waals surface area contributed by atoms with Crippen molar-refractivity contribution in [2.24, 2.45) is 0 Å². The van der Waals surface area contributed by atoms with E-state index >= 15 is 0 Å². The van der Waals surface area contributed by atoms with E-state index in [1.165, 1.54) is 0 Å². The van der Waals surface area contributed by atoms with Crippen LogP contribution in [0, 0.1) is 6.92 Å². The number of rotatable bonds is 3. The summed E-state index contributed by atoms with van der Waals surface area (Å²) in [5.74, 6) is 1.47. The Labute approximate surface area is 111 Å². The van der Waals surface area contributed by atoms with E-state index in [1.54, 1.807) is 37.3 Å². The van der Waals surface area contributed by atoms with Gasteiger partial charge in [-0.1, -0.05) is 11.6 Å². The summed E-state index contributed by atoms with van der Waals surface area (Å²) in [7, 11) is 0. The highest BCUT2D eigenvalue weighted by molar-refractivity contribution is 6.31. The number of carbonyl (C=O) groups is 1. The summed E-state index contributed by atoms with van der Waals surface area (Å²) in [5.41, 5.74) is 1.64. The summed E-state index contributed by atoms with van der Waals surface area (Å²) in [5, 5.41) is 0.717. The molecule has 0 saturated carbocycles. The lowest BCUT2D eigenvalue weighted by atomic mass is 10.1. The van der Waals surface area contributed by atoms with Crippen molar-refractivity contribution in [2.45, 2.75) is 13.8 Å². The van der Waals surface area contributed by atoms with Crippen LogP contribution in [0.1, 0.15) is 22.8 Å². The first-order valence-electron chi connectivity index (χ1n) is 5.61. The summed E-state index contributed by atoms with van der Waals surface area (Å²) >= 11 is 5.95. The first-order chi connectivity index (χ1) is 8.56. The van der Waals surface area contributed by atoms with Gasteiger partial charge in [-0.05, 0) is 61.9 Å². The van der Waals surface area contributed by atoms with Gasteiger partial charge in [0.15, 0.2) is 5.78 Å². The van der Waals surface area contributed by atoms with Gasteiger partial charge in [-0.15, -0.1) is 0 Å². The second-order valence-corrected chi connectivity index (χ2v) is 4.50. The molecular weight excluding hydrogens is 248 g/mol. The van der Waals surface area contributed by atoms with Crippen LogP contribution in [0.25, 0.3) is 0 Å². The molecule has 3 heteroatoms. The fraction of sp³-hybridized carbons (Fsp3) is 0.133. The quantitative estimate of drug-likeness (QED) is 0.752. The molecule has 0 aliphatic heterocycles. The van der Waals surface area contributed by atoms with Gasteiger partial charge in [-0.25, -0.2) is 0 Å². The third-order valence-corrected chi connectivity index (χ3v) is 3.05. The highest BCUT2D eigenvalue weighted by Crippen LogP contribution is 2.26. The van der Waals surface area contributed by atoms with Crippen LogP contribution >= 0.6 is 11.6 Å². The third kappa shape index (κ3) is 2.90. The molecule has 92 valence electrons. The zero-order valence-corrected chi connectivity index (χ0v) is 11.0. The average Bonchev–Trinajstić information content (AvgIpc) is 2.34. The van der Waals surface area contributed by atoms with Crippen molar-refractivity contribution >= 4 is 17.4 Å². The van der Waals surface area contributed by atoms with Gasteiger partial charge in [0, 0.05) is 10.6 Å². The zero-order chi connectivity index (χ0) is 13.1. The van der Waals surface area contributed by atoms with E-state index < -0.39 is 0 Å². The number of aryl methyl sites for hydroxylation is 1. The molecule has 0 aliphatic rings. The van der Waals surface area contributed by atoms with E-state index in [1.807, 2.05) is 19.1 Å². The van der Waals surface area contributed by atoms with Crippen LogP contribution in [-0.4, -0.2) is 5.78 Å². The molecule has 0 unspecified atom stereocenters. The van der Waals surface area contributed by atoms with E-state index in [9.17, 15) is 4.79 Å². The lowest BCUT2D eigenvalue weighted by molar-refractivity contribution is 0.101. The number of hydrogen-bond acceptors (Lipinski definition) is 2. The number of ketones is 1. The summed E-state index contributed by atoms with van der Waals surface area (Å²) in [6, 6.07) is 12.5. The van der Waals surface area contributed by atoms with Crippen molar-refractivity contribution in [3.63, 3.8) is 0 Å². The van der Waals surface area contributed by atoms with Crippen molar-refractivity contribution in [1.82, 2.24) is 0 Å². The molecule has 0 radical (unpaired) electrons. The second-order valence-electron chi connectivity index (χ2n) is 4.09. The lowest BCUT2D eigenvalue weighted by Gasteiger charge is -2.07. The van der Waals surface area contributed by atoms with Crippen LogP contribution in [0.3, 0.4) is 0 Å². The minimum absolute atomic E-state index is 0.0453. The fourth-order valence-corrected chi connectivity index (χ4v) is 1.69. The Morgan fingerprint density at radius 2 is 1.67 bits per heavy atom.